The van der Waals surface area contributed by atoms with Crippen LogP contribution in [0.25, 0.3) is 0 Å². The second kappa shape index (κ2) is 9.51. The lowest BCUT2D eigenvalue weighted by atomic mass is 9.85. The van der Waals surface area contributed by atoms with Crippen molar-refractivity contribution in [2.75, 3.05) is 15.5 Å². The first kappa shape index (κ1) is 26.9. The van der Waals surface area contributed by atoms with Gasteiger partial charge in [-0.05, 0) is 73.2 Å². The zero-order valence-corrected chi connectivity index (χ0v) is 23.3. The summed E-state index contributed by atoms with van der Waals surface area (Å²) < 4.78 is 5.84. The molecule has 1 aliphatic rings. The fourth-order valence-corrected chi connectivity index (χ4v) is 5.16. The Morgan fingerprint density at radius 2 is 1.68 bits per heavy atom. The van der Waals surface area contributed by atoms with E-state index < -0.39 is 22.9 Å². The summed E-state index contributed by atoms with van der Waals surface area (Å²) >= 11 is 0. The van der Waals surface area contributed by atoms with Crippen molar-refractivity contribution in [1.82, 2.24) is 0 Å². The summed E-state index contributed by atoms with van der Waals surface area (Å²) in [6.45, 7) is 11.7. The Morgan fingerprint density at radius 1 is 0.975 bits per heavy atom. The Balaban J connectivity index is 1.52. The monoisotopic (exact) mass is 541 g/mol. The van der Waals surface area contributed by atoms with Crippen molar-refractivity contribution in [1.29, 1.82) is 0 Å². The van der Waals surface area contributed by atoms with Crippen LogP contribution in [0.3, 0.4) is 0 Å². The van der Waals surface area contributed by atoms with E-state index in [1.807, 2.05) is 59.7 Å². The number of nitrogens with one attached hydrogen (secondary N) is 2. The van der Waals surface area contributed by atoms with Gasteiger partial charge in [0.05, 0.1) is 35.1 Å². The number of hydrogen-bond acceptors (Lipinski definition) is 7. The fourth-order valence-electron chi connectivity index (χ4n) is 5.16. The number of carbonyl (C=O) groups excluding carboxylic acids is 1. The Hall–Kier alpha value is -4.66. The SMILES string of the molecule is Cc1ccc(C(=O)O)c(N2Cc3c(C)ccc(Nc4c(N[C@@H](c5ccc(C)o5)C(C)(C)C)c(=O)c4=O)c3C2=O)c1. The van der Waals surface area contributed by atoms with Crippen LogP contribution in [0.2, 0.25) is 0 Å². The van der Waals surface area contributed by atoms with Gasteiger partial charge in [-0.15, -0.1) is 0 Å². The first-order chi connectivity index (χ1) is 18.8. The van der Waals surface area contributed by atoms with E-state index in [1.165, 1.54) is 11.0 Å². The van der Waals surface area contributed by atoms with Gasteiger partial charge in [0.15, 0.2) is 0 Å². The van der Waals surface area contributed by atoms with Crippen molar-refractivity contribution in [3.05, 3.63) is 102 Å². The highest BCUT2D eigenvalue weighted by Crippen LogP contribution is 2.40. The third kappa shape index (κ3) is 4.47. The van der Waals surface area contributed by atoms with Gasteiger partial charge < -0.3 is 25.1 Å². The number of anilines is 4. The molecule has 0 unspecified atom stereocenters. The molecular weight excluding hydrogens is 510 g/mol. The highest BCUT2D eigenvalue weighted by molar-refractivity contribution is 6.16. The van der Waals surface area contributed by atoms with E-state index in [9.17, 15) is 24.3 Å². The van der Waals surface area contributed by atoms with Crippen LogP contribution in [-0.4, -0.2) is 17.0 Å². The molecule has 0 saturated heterocycles. The minimum absolute atomic E-state index is 0.0225. The van der Waals surface area contributed by atoms with E-state index >= 15 is 0 Å². The van der Waals surface area contributed by atoms with Crippen LogP contribution in [0.15, 0.2) is 56.5 Å². The summed E-state index contributed by atoms with van der Waals surface area (Å²) in [6.07, 6.45) is 0. The maximum absolute atomic E-state index is 13.8. The van der Waals surface area contributed by atoms with Gasteiger partial charge in [0, 0.05) is 0 Å². The van der Waals surface area contributed by atoms with E-state index in [1.54, 1.807) is 18.2 Å². The van der Waals surface area contributed by atoms with Gasteiger partial charge >= 0.3 is 5.97 Å². The minimum Gasteiger partial charge on any atom is -0.478 e. The molecule has 0 saturated carbocycles. The Kier molecular flexibility index (Phi) is 6.40. The number of furan rings is 1. The molecular formula is C31H31N3O6. The predicted octanol–water partition coefficient (Wildman–Crippen LogP) is 5.60. The summed E-state index contributed by atoms with van der Waals surface area (Å²) in [5.41, 5.74) is 1.93. The van der Waals surface area contributed by atoms with Gasteiger partial charge in [0.1, 0.15) is 22.9 Å². The lowest BCUT2D eigenvalue weighted by Crippen LogP contribution is -2.39. The average Bonchev–Trinajstić information content (AvgIpc) is 3.47. The second-order valence-electron chi connectivity index (χ2n) is 11.4. The molecule has 0 aliphatic carbocycles. The topological polar surface area (TPSA) is 129 Å². The first-order valence-electron chi connectivity index (χ1n) is 13.0. The zero-order valence-electron chi connectivity index (χ0n) is 23.3. The third-order valence-electron chi connectivity index (χ3n) is 7.37. The van der Waals surface area contributed by atoms with E-state index in [4.69, 9.17) is 4.42 Å². The molecule has 206 valence electrons. The van der Waals surface area contributed by atoms with E-state index in [0.29, 0.717) is 22.7 Å². The zero-order chi connectivity index (χ0) is 29.1. The van der Waals surface area contributed by atoms with Crippen molar-refractivity contribution < 1.29 is 19.1 Å². The Bertz CT molecular complexity index is 1750. The normalized spacial score (nSPS) is 13.9. The molecule has 3 aromatic carbocycles. The number of benzene rings is 2. The van der Waals surface area contributed by atoms with Crippen molar-refractivity contribution in [3.8, 4) is 0 Å². The number of aromatic carboxylic acids is 1. The number of hydrogen-bond donors (Lipinski definition) is 3. The number of carbonyl (C=O) groups is 2. The fraction of sp³-hybridized carbons (Fsp3) is 0.290. The van der Waals surface area contributed by atoms with Gasteiger partial charge in [0.2, 0.25) is 0 Å². The molecule has 40 heavy (non-hydrogen) atoms. The number of rotatable bonds is 7. The second-order valence-corrected chi connectivity index (χ2v) is 11.4. The van der Waals surface area contributed by atoms with Crippen LogP contribution >= 0.6 is 0 Å². The molecule has 3 N–H and O–H groups in total. The average molecular weight is 542 g/mol. The van der Waals surface area contributed by atoms with Crippen LogP contribution in [0.5, 0.6) is 0 Å². The largest absolute Gasteiger partial charge is 0.478 e. The molecule has 1 atom stereocenters. The minimum atomic E-state index is -1.13. The van der Waals surface area contributed by atoms with E-state index in [2.05, 4.69) is 10.6 Å². The van der Waals surface area contributed by atoms with E-state index in [0.717, 1.165) is 22.5 Å². The summed E-state index contributed by atoms with van der Waals surface area (Å²) in [4.78, 5) is 52.6. The third-order valence-corrected chi connectivity index (χ3v) is 7.37. The van der Waals surface area contributed by atoms with Crippen LogP contribution in [-0.2, 0) is 6.54 Å². The number of carboxylic acid groups (broad SMARTS) is 1. The van der Waals surface area contributed by atoms with Gasteiger partial charge in [-0.25, -0.2) is 4.79 Å². The number of carboxylic acids is 1. The van der Waals surface area contributed by atoms with Gasteiger partial charge in [0.25, 0.3) is 16.8 Å². The van der Waals surface area contributed by atoms with Gasteiger partial charge in [-0.2, -0.15) is 0 Å². The molecule has 0 spiro atoms. The maximum atomic E-state index is 13.8. The summed E-state index contributed by atoms with van der Waals surface area (Å²) in [5, 5.41) is 16.0. The predicted molar refractivity (Wildman–Crippen MR) is 154 cm³/mol. The molecule has 1 amide bonds. The molecule has 0 radical (unpaired) electrons. The molecule has 5 rings (SSSR count). The van der Waals surface area contributed by atoms with Crippen LogP contribution in [0, 0.1) is 26.2 Å². The van der Waals surface area contributed by atoms with Crippen LogP contribution < -0.4 is 26.4 Å². The van der Waals surface area contributed by atoms with E-state index in [-0.39, 0.29) is 34.8 Å². The van der Waals surface area contributed by atoms with Crippen molar-refractivity contribution in [2.45, 2.75) is 54.1 Å². The van der Waals surface area contributed by atoms with Crippen molar-refractivity contribution in [2.24, 2.45) is 5.41 Å². The lowest BCUT2D eigenvalue weighted by molar-refractivity contribution is 0.0697. The lowest BCUT2D eigenvalue weighted by Gasteiger charge is -2.31. The molecule has 9 nitrogen and oxygen atoms in total. The first-order valence-corrected chi connectivity index (χ1v) is 13.0. The highest BCUT2D eigenvalue weighted by atomic mass is 16.4. The standard InChI is InChI=1S/C31H31N3O6/c1-15-7-10-18(30(38)39)21(13-15)34-14-19-16(2)8-11-20(23(19)29(34)37)32-24-25(27(36)26(24)35)33-28(31(4,5)6)22-12-9-17(3)40-22/h7-13,28,32-33H,14H2,1-6H3,(H,38,39)/t28-/m0/s1. The number of amides is 1. The molecule has 1 aliphatic heterocycles. The summed E-state index contributed by atoms with van der Waals surface area (Å²) in [6, 6.07) is 11.7. The molecule has 4 aromatic rings. The molecule has 1 aromatic heterocycles. The Morgan fingerprint density at radius 3 is 2.30 bits per heavy atom. The maximum Gasteiger partial charge on any atom is 0.337 e. The van der Waals surface area contributed by atoms with Crippen molar-refractivity contribution in [3.63, 3.8) is 0 Å². The summed E-state index contributed by atoms with van der Waals surface area (Å²) in [7, 11) is 0. The summed E-state index contributed by atoms with van der Waals surface area (Å²) in [5.74, 6) is -0.152. The van der Waals surface area contributed by atoms with Crippen LogP contribution in [0.1, 0.15) is 75.7 Å². The molecule has 0 bridgehead atoms. The molecule has 9 heteroatoms. The quantitative estimate of drug-likeness (QED) is 0.258. The van der Waals surface area contributed by atoms with Gasteiger partial charge in [-0.1, -0.05) is 32.9 Å². The molecule has 2 heterocycles. The molecule has 0 fully saturated rings. The number of fused-ring (bicyclic) bond motifs is 1. The van der Waals surface area contributed by atoms with Gasteiger partial charge in [-0.3, -0.25) is 14.4 Å². The van der Waals surface area contributed by atoms with Crippen LogP contribution in [0.4, 0.5) is 22.7 Å². The Labute approximate surface area is 231 Å². The number of nitrogens with zero attached hydrogens (tertiary/aromatic N) is 1. The number of aryl methyl sites for hydroxylation is 3. The smallest absolute Gasteiger partial charge is 0.337 e. The van der Waals surface area contributed by atoms with Crippen molar-refractivity contribution >= 4 is 34.6 Å². The highest BCUT2D eigenvalue weighted by Gasteiger charge is 2.36.